The van der Waals surface area contributed by atoms with E-state index in [4.69, 9.17) is 11.5 Å². The molecule has 0 saturated heterocycles. The molecule has 2 aromatic rings. The summed E-state index contributed by atoms with van der Waals surface area (Å²) in [5.41, 5.74) is 15.2. The maximum atomic E-state index is 5.95. The molecule has 1 aromatic heterocycles. The Labute approximate surface area is 89.5 Å². The Balaban J connectivity index is 2.60. The number of nitrogens with one attached hydrogen (secondary N) is 1. The minimum atomic E-state index is -0.0779. The Kier molecular flexibility index (Phi) is 2.75. The summed E-state index contributed by atoms with van der Waals surface area (Å²) in [5.74, 6) is 0. The summed E-state index contributed by atoms with van der Waals surface area (Å²) >= 11 is 0. The van der Waals surface area contributed by atoms with Gasteiger partial charge in [0.25, 0.3) is 0 Å². The van der Waals surface area contributed by atoms with Crippen molar-refractivity contribution in [3.05, 3.63) is 35.5 Å². The standard InChI is InChI=1S/C12H17N3/c1-2-8-4-3-5-9-10(11(14)6-13)7-15-12(8)9/h3-5,7,11,15H,2,6,13-14H2,1H3. The molecule has 0 aliphatic heterocycles. The molecule has 0 fully saturated rings. The lowest BCUT2D eigenvalue weighted by Crippen LogP contribution is -2.20. The van der Waals surface area contributed by atoms with Gasteiger partial charge in [-0.05, 0) is 17.5 Å². The van der Waals surface area contributed by atoms with Gasteiger partial charge >= 0.3 is 0 Å². The number of benzene rings is 1. The van der Waals surface area contributed by atoms with E-state index in [9.17, 15) is 0 Å². The van der Waals surface area contributed by atoms with Crippen molar-refractivity contribution in [1.29, 1.82) is 0 Å². The number of hydrogen-bond acceptors (Lipinski definition) is 2. The second kappa shape index (κ2) is 4.04. The van der Waals surface area contributed by atoms with Gasteiger partial charge in [-0.3, -0.25) is 0 Å². The van der Waals surface area contributed by atoms with Gasteiger partial charge in [0.2, 0.25) is 0 Å². The highest BCUT2D eigenvalue weighted by atomic mass is 14.8. The topological polar surface area (TPSA) is 67.8 Å². The number of nitrogens with two attached hydrogens (primary N) is 2. The smallest absolute Gasteiger partial charge is 0.0489 e. The van der Waals surface area contributed by atoms with Gasteiger partial charge in [0.05, 0.1) is 0 Å². The summed E-state index contributed by atoms with van der Waals surface area (Å²) in [7, 11) is 0. The van der Waals surface area contributed by atoms with Gasteiger partial charge in [-0.1, -0.05) is 25.1 Å². The van der Waals surface area contributed by atoms with Crippen LogP contribution in [0, 0.1) is 0 Å². The maximum absolute atomic E-state index is 5.95. The molecule has 0 saturated carbocycles. The second-order valence-corrected chi connectivity index (χ2v) is 3.78. The van der Waals surface area contributed by atoms with E-state index in [1.165, 1.54) is 16.5 Å². The number of fused-ring (bicyclic) bond motifs is 1. The monoisotopic (exact) mass is 203 g/mol. The van der Waals surface area contributed by atoms with Crippen LogP contribution in [-0.4, -0.2) is 11.5 Å². The molecule has 0 aliphatic rings. The van der Waals surface area contributed by atoms with E-state index in [1.54, 1.807) is 0 Å². The van der Waals surface area contributed by atoms with Crippen LogP contribution >= 0.6 is 0 Å². The first-order valence-electron chi connectivity index (χ1n) is 5.32. The molecule has 0 amide bonds. The fraction of sp³-hybridized carbons (Fsp3) is 0.333. The van der Waals surface area contributed by atoms with Crippen LogP contribution in [0.4, 0.5) is 0 Å². The summed E-state index contributed by atoms with van der Waals surface area (Å²) in [6, 6.07) is 6.22. The summed E-state index contributed by atoms with van der Waals surface area (Å²) < 4.78 is 0. The lowest BCUT2D eigenvalue weighted by Gasteiger charge is -2.07. The lowest BCUT2D eigenvalue weighted by molar-refractivity contribution is 0.743. The van der Waals surface area contributed by atoms with E-state index < -0.39 is 0 Å². The average molecular weight is 203 g/mol. The molecule has 2 rings (SSSR count). The molecule has 0 spiro atoms. The molecule has 1 atom stereocenters. The second-order valence-electron chi connectivity index (χ2n) is 3.78. The van der Waals surface area contributed by atoms with E-state index in [-0.39, 0.29) is 6.04 Å². The van der Waals surface area contributed by atoms with Crippen molar-refractivity contribution >= 4 is 10.9 Å². The summed E-state index contributed by atoms with van der Waals surface area (Å²) in [6.45, 7) is 2.63. The Morgan fingerprint density at radius 1 is 1.40 bits per heavy atom. The first-order chi connectivity index (χ1) is 7.27. The first kappa shape index (κ1) is 10.2. The Morgan fingerprint density at radius 2 is 2.20 bits per heavy atom. The Bertz CT molecular complexity index is 459. The minimum absolute atomic E-state index is 0.0779. The van der Waals surface area contributed by atoms with Gasteiger partial charge in [-0.25, -0.2) is 0 Å². The third-order valence-electron chi connectivity index (χ3n) is 2.87. The zero-order chi connectivity index (χ0) is 10.8. The molecule has 1 unspecified atom stereocenters. The average Bonchev–Trinajstić information content (AvgIpc) is 2.71. The van der Waals surface area contributed by atoms with Crippen LogP contribution in [0.5, 0.6) is 0 Å². The predicted molar refractivity (Wildman–Crippen MR) is 63.7 cm³/mol. The number of para-hydroxylation sites is 1. The first-order valence-corrected chi connectivity index (χ1v) is 5.32. The van der Waals surface area contributed by atoms with E-state index in [0.717, 1.165) is 12.0 Å². The van der Waals surface area contributed by atoms with E-state index in [1.807, 2.05) is 6.20 Å². The summed E-state index contributed by atoms with van der Waals surface area (Å²) in [5, 5.41) is 1.20. The highest BCUT2D eigenvalue weighted by Crippen LogP contribution is 2.25. The minimum Gasteiger partial charge on any atom is -0.361 e. The van der Waals surface area contributed by atoms with Gasteiger partial charge in [-0.15, -0.1) is 0 Å². The molecule has 1 heterocycles. The number of rotatable bonds is 3. The number of H-pyrrole nitrogens is 1. The Hall–Kier alpha value is -1.32. The Morgan fingerprint density at radius 3 is 2.87 bits per heavy atom. The molecule has 3 heteroatoms. The third-order valence-corrected chi connectivity index (χ3v) is 2.87. The SMILES string of the molecule is CCc1cccc2c(C(N)CN)c[nH]c12. The van der Waals surface area contributed by atoms with Gasteiger partial charge in [-0.2, -0.15) is 0 Å². The quantitative estimate of drug-likeness (QED) is 0.710. The number of aryl methyl sites for hydroxylation is 1. The van der Waals surface area contributed by atoms with Crippen LogP contribution in [0.15, 0.2) is 24.4 Å². The molecule has 80 valence electrons. The van der Waals surface area contributed by atoms with Crippen LogP contribution in [0.1, 0.15) is 24.1 Å². The van der Waals surface area contributed by atoms with E-state index in [0.29, 0.717) is 6.54 Å². The number of hydrogen-bond donors (Lipinski definition) is 3. The normalized spacial score (nSPS) is 13.3. The van der Waals surface area contributed by atoms with Crippen LogP contribution in [0.25, 0.3) is 10.9 Å². The molecule has 5 N–H and O–H groups in total. The molecule has 0 bridgehead atoms. The summed E-state index contributed by atoms with van der Waals surface area (Å²) in [6.07, 6.45) is 3.00. The van der Waals surface area contributed by atoms with Gasteiger partial charge < -0.3 is 16.5 Å². The van der Waals surface area contributed by atoms with Crippen LogP contribution in [0.3, 0.4) is 0 Å². The molecular formula is C12H17N3. The van der Waals surface area contributed by atoms with Crippen LogP contribution < -0.4 is 11.5 Å². The zero-order valence-electron chi connectivity index (χ0n) is 8.96. The van der Waals surface area contributed by atoms with Crippen molar-refractivity contribution < 1.29 is 0 Å². The van der Waals surface area contributed by atoms with E-state index in [2.05, 4.69) is 30.1 Å². The zero-order valence-corrected chi connectivity index (χ0v) is 8.96. The largest absolute Gasteiger partial charge is 0.361 e. The van der Waals surface area contributed by atoms with Crippen molar-refractivity contribution in [2.75, 3.05) is 6.54 Å². The van der Waals surface area contributed by atoms with E-state index >= 15 is 0 Å². The van der Waals surface area contributed by atoms with Crippen molar-refractivity contribution in [3.8, 4) is 0 Å². The van der Waals surface area contributed by atoms with Crippen molar-refractivity contribution in [2.45, 2.75) is 19.4 Å². The van der Waals surface area contributed by atoms with Crippen LogP contribution in [-0.2, 0) is 6.42 Å². The summed E-state index contributed by atoms with van der Waals surface area (Å²) in [4.78, 5) is 3.29. The lowest BCUT2D eigenvalue weighted by atomic mass is 10.0. The third kappa shape index (κ3) is 1.64. The molecule has 1 aromatic carbocycles. The van der Waals surface area contributed by atoms with Crippen LogP contribution in [0.2, 0.25) is 0 Å². The van der Waals surface area contributed by atoms with Gasteiger partial charge in [0, 0.05) is 29.7 Å². The van der Waals surface area contributed by atoms with Gasteiger partial charge in [0.15, 0.2) is 0 Å². The molecule has 3 nitrogen and oxygen atoms in total. The van der Waals surface area contributed by atoms with Crippen molar-refractivity contribution in [2.24, 2.45) is 11.5 Å². The highest BCUT2D eigenvalue weighted by Gasteiger charge is 2.11. The highest BCUT2D eigenvalue weighted by molar-refractivity contribution is 5.86. The number of aromatic nitrogens is 1. The van der Waals surface area contributed by atoms with Crippen molar-refractivity contribution in [3.63, 3.8) is 0 Å². The molecule has 15 heavy (non-hydrogen) atoms. The van der Waals surface area contributed by atoms with Gasteiger partial charge in [0.1, 0.15) is 0 Å². The predicted octanol–water partition coefficient (Wildman–Crippen LogP) is 1.69. The maximum Gasteiger partial charge on any atom is 0.0489 e. The molecule has 0 aliphatic carbocycles. The molecular weight excluding hydrogens is 186 g/mol. The fourth-order valence-electron chi connectivity index (χ4n) is 1.97. The van der Waals surface area contributed by atoms with Crippen molar-refractivity contribution in [1.82, 2.24) is 4.98 Å². The number of aromatic amines is 1. The fourth-order valence-corrected chi connectivity index (χ4v) is 1.97. The molecule has 0 radical (unpaired) electrons.